The minimum Gasteiger partial charge on any atom is -0.507 e. The summed E-state index contributed by atoms with van der Waals surface area (Å²) < 4.78 is 0. The summed E-state index contributed by atoms with van der Waals surface area (Å²) >= 11 is 0. The van der Waals surface area contributed by atoms with Crippen molar-refractivity contribution >= 4 is 0 Å². The van der Waals surface area contributed by atoms with Gasteiger partial charge in [-0.15, -0.1) is 48.5 Å². The molecule has 0 amide bonds. The molecule has 0 saturated carbocycles. The largest absolute Gasteiger partial charge is 3.00 e. The van der Waals surface area contributed by atoms with Crippen molar-refractivity contribution in [2.45, 2.75) is 116 Å². The number of phenols is 4. The summed E-state index contributed by atoms with van der Waals surface area (Å²) in [6.45, 7) is 35.2. The van der Waals surface area contributed by atoms with Crippen molar-refractivity contribution in [3.63, 3.8) is 0 Å². The molecule has 0 saturated heterocycles. The first kappa shape index (κ1) is 98.7. The third kappa shape index (κ3) is 20.2. The average Bonchev–Trinajstić information content (AvgIpc) is 1.57. The summed E-state index contributed by atoms with van der Waals surface area (Å²) in [7, 11) is 0. The summed E-state index contributed by atoms with van der Waals surface area (Å²) in [6.07, 6.45) is 3.65. The monoisotopic (exact) mass is 2040 g/mol. The van der Waals surface area contributed by atoms with Crippen LogP contribution in [-0.2, 0) is 113 Å². The van der Waals surface area contributed by atoms with Gasteiger partial charge < -0.3 is 20.4 Å². The van der Waals surface area contributed by atoms with E-state index >= 15 is 0 Å². The molecule has 138 heavy (non-hydrogen) atoms. The summed E-state index contributed by atoms with van der Waals surface area (Å²) in [5.41, 5.74) is 34.6. The molecule has 1 radical (unpaired) electrons. The normalized spacial score (nSPS) is 13.0. The molecule has 681 valence electrons. The molecule has 2 heterocycles. The number of phenolic OH excluding ortho intramolecular Hbond substituents is 4. The first-order valence-corrected chi connectivity index (χ1v) is 46.7. The van der Waals surface area contributed by atoms with E-state index in [2.05, 4.69) is 336 Å². The Morgan fingerprint density at radius 3 is 0.543 bits per heavy atom. The Bertz CT molecular complexity index is 6270. The number of aromatic hydroxyl groups is 4. The van der Waals surface area contributed by atoms with Crippen LogP contribution in [0.3, 0.4) is 0 Å². The van der Waals surface area contributed by atoms with Gasteiger partial charge in [0.2, 0.25) is 0 Å². The molecule has 16 aromatic carbocycles. The van der Waals surface area contributed by atoms with Gasteiger partial charge in [-0.3, -0.25) is 19.8 Å². The fourth-order valence-corrected chi connectivity index (χ4v) is 21.0. The molecule has 0 aliphatic heterocycles. The molecule has 22 rings (SSSR count). The van der Waals surface area contributed by atoms with E-state index in [4.69, 9.17) is 9.97 Å². The number of rotatable bonds is 16. The number of aryl methyl sites for hydroxylation is 4. The number of aromatic nitrogens is 2. The van der Waals surface area contributed by atoms with Gasteiger partial charge in [-0.1, -0.05) is 301 Å². The van der Waals surface area contributed by atoms with Crippen LogP contribution in [0.2, 0.25) is 0 Å². The van der Waals surface area contributed by atoms with Gasteiger partial charge in [0.1, 0.15) is 23.0 Å². The van der Waals surface area contributed by atoms with Gasteiger partial charge in [-0.05, 0) is 169 Å². The summed E-state index contributed by atoms with van der Waals surface area (Å²) in [5, 5.41) is 49.5. The predicted octanol–water partition coefficient (Wildman–Crippen LogP) is 29.4. The summed E-state index contributed by atoms with van der Waals surface area (Å²) in [4.78, 5) is 14.0. The molecule has 4 aliphatic rings. The maximum Gasteiger partial charge on any atom is 3.00 e. The Morgan fingerprint density at radius 1 is 0.217 bits per heavy atom. The van der Waals surface area contributed by atoms with E-state index in [1.165, 1.54) is 89.0 Å². The number of hydrogen-bond acceptors (Lipinski definition) is 8. The Balaban J connectivity index is 0.000000161. The van der Waals surface area contributed by atoms with Crippen molar-refractivity contribution in [2.24, 2.45) is 0 Å². The molecule has 0 bridgehead atoms. The van der Waals surface area contributed by atoms with Crippen LogP contribution < -0.4 is 0 Å². The van der Waals surface area contributed by atoms with Gasteiger partial charge in [0.05, 0.1) is 11.4 Å². The number of pyridine rings is 2. The van der Waals surface area contributed by atoms with E-state index in [1.807, 2.05) is 170 Å². The van der Waals surface area contributed by atoms with Crippen molar-refractivity contribution in [1.82, 2.24) is 19.8 Å². The van der Waals surface area contributed by atoms with Crippen molar-refractivity contribution in [2.75, 3.05) is 0 Å². The Labute approximate surface area is 854 Å². The molecular weight excluding hydrogens is 1930 g/mol. The minimum atomic E-state index is -0.531. The third-order valence-electron chi connectivity index (χ3n) is 27.5. The van der Waals surface area contributed by atoms with Crippen LogP contribution in [0, 0.1) is 55.4 Å². The quantitative estimate of drug-likeness (QED) is 0.0559. The van der Waals surface area contributed by atoms with Gasteiger partial charge in [-0.2, -0.15) is 98.5 Å². The van der Waals surface area contributed by atoms with Crippen LogP contribution >= 0.6 is 0 Å². The van der Waals surface area contributed by atoms with E-state index in [9.17, 15) is 20.4 Å². The molecule has 0 atom stereocenters. The second-order valence-corrected chi connectivity index (χ2v) is 37.0. The Hall–Kier alpha value is -13.8. The van der Waals surface area contributed by atoms with E-state index < -0.39 is 21.7 Å². The third-order valence-corrected chi connectivity index (χ3v) is 27.5. The van der Waals surface area contributed by atoms with Gasteiger partial charge in [-0.25, -0.2) is 0 Å². The predicted molar refractivity (Wildman–Crippen MR) is 559 cm³/mol. The van der Waals surface area contributed by atoms with Crippen molar-refractivity contribution in [1.29, 1.82) is 0 Å². The number of benzene rings is 16. The average molecular weight is 2040 g/mol. The van der Waals surface area contributed by atoms with Crippen LogP contribution in [0.1, 0.15) is 173 Å². The van der Waals surface area contributed by atoms with Crippen molar-refractivity contribution in [3.8, 4) is 67.5 Å². The first-order valence-electron chi connectivity index (χ1n) is 46.7. The smallest absolute Gasteiger partial charge is 0.507 e. The zero-order valence-corrected chi connectivity index (χ0v) is 86.0. The maximum absolute atomic E-state index is 12.4. The zero-order valence-electron chi connectivity index (χ0n) is 79.9. The number of hydrogen-bond donors (Lipinski definition) is 4. The molecule has 18 aromatic rings. The van der Waals surface area contributed by atoms with Gasteiger partial charge in [0, 0.05) is 144 Å². The molecule has 4 N–H and O–H groups in total. The molecule has 10 heteroatoms. The van der Waals surface area contributed by atoms with Crippen LogP contribution in [0.5, 0.6) is 23.0 Å². The fourth-order valence-electron chi connectivity index (χ4n) is 21.0. The van der Waals surface area contributed by atoms with Crippen LogP contribution in [0.4, 0.5) is 0 Å². The van der Waals surface area contributed by atoms with Crippen LogP contribution in [-0.4, -0.2) is 40.2 Å². The van der Waals surface area contributed by atoms with Crippen LogP contribution in [0.25, 0.3) is 44.5 Å². The van der Waals surface area contributed by atoms with Crippen molar-refractivity contribution in [3.05, 3.63) is 585 Å². The standard InChI is InChI=1S/2C50H44N2O2.4C7H7.Hf.Zr/c2*1-32-25-34(47(53)45(27-32)49(3)41-20-9-5-16-37(41)38-17-6-10-21-42(38)49)29-52(31-36-15-13-14-24-51-36)30-35-26-33(2)28-46(48(35)54)50(4)43-22-11-7-18-39(43)40-19-8-12-23-44(40)50;4*1-7-5-3-2-4-6-7;;/h2*5-28,53-54H,29-31H2,1-4H3;4*2-6H,1H2;;/q;;4*-1;;+3. The molecule has 0 unspecified atom stereocenters. The van der Waals surface area contributed by atoms with Crippen molar-refractivity contribution < 1.29 is 72.5 Å². The van der Waals surface area contributed by atoms with Crippen LogP contribution in [0.15, 0.2) is 413 Å². The Morgan fingerprint density at radius 2 is 0.384 bits per heavy atom. The summed E-state index contributed by atoms with van der Waals surface area (Å²) in [5.74, 6) is 1.23. The second kappa shape index (κ2) is 43.3. The van der Waals surface area contributed by atoms with E-state index in [1.54, 1.807) is 0 Å². The maximum atomic E-state index is 12.4. The van der Waals surface area contributed by atoms with Gasteiger partial charge >= 0.3 is 26.2 Å². The molecular formula is C128H116HfN4O4Zr-. The number of fused-ring (bicyclic) bond motifs is 12. The zero-order chi connectivity index (χ0) is 94.8. The second-order valence-electron chi connectivity index (χ2n) is 37.0. The van der Waals surface area contributed by atoms with E-state index in [0.717, 1.165) is 100 Å². The molecule has 8 nitrogen and oxygen atoms in total. The minimum absolute atomic E-state index is 0. The molecule has 4 aliphatic carbocycles. The summed E-state index contributed by atoms with van der Waals surface area (Å²) in [6, 6.07) is 137. The molecule has 0 spiro atoms. The first-order chi connectivity index (χ1) is 65.9. The van der Waals surface area contributed by atoms with E-state index in [-0.39, 0.29) is 52.0 Å². The molecule has 2 aromatic heterocycles. The van der Waals surface area contributed by atoms with Gasteiger partial charge in [0.15, 0.2) is 0 Å². The fraction of sp³-hybridized carbons (Fsp3) is 0.141. The molecule has 0 fully saturated rings. The van der Waals surface area contributed by atoms with Gasteiger partial charge in [0.25, 0.3) is 0 Å². The Kier molecular flexibility index (Phi) is 30.9. The number of nitrogens with zero attached hydrogens (tertiary/aromatic N) is 4. The topological polar surface area (TPSA) is 113 Å². The van der Waals surface area contributed by atoms with E-state index in [0.29, 0.717) is 62.3 Å². The SMILES string of the molecule is Cc1cc(CN(Cc2ccccn2)Cc2cc(C)cc(C3(C)c4ccccc4-c4ccccc43)c2O)c(O)c(C2(C)c3ccccc3-c3ccccc32)c1.Cc1cc(CN(Cc2ccccn2)Cc2cc(C)cc(C3(C)c4ccccc4-c4ccccc43)c2O)c(O)c(C2(C)c3ccccc3-c3ccccc32)c1.[CH2-]c1ccccc1.[CH2-]c1ccccc1.[CH2-]c1ccccc1.[CH2-]c1ccccc1.[Hf].[Zr+3].